The van der Waals surface area contributed by atoms with Crippen LogP contribution in [0.1, 0.15) is 25.8 Å². The van der Waals surface area contributed by atoms with Gasteiger partial charge in [-0.1, -0.05) is 44.2 Å². The van der Waals surface area contributed by atoms with Gasteiger partial charge in [0, 0.05) is 6.08 Å². The standard InChI is InChI=1S/C18H22N2O6/c1-11(2)16(18(25)26)20-17(24)13(10-15(22)23)19-14(21)9-8-12-6-4-3-5-7-12/h3-9,11,13,16H,10H2,1-2H3,(H,19,21)(H,20,24)(H,22,23)(H,25,26)/t13-,16-/m0/s1. The molecule has 0 unspecified atom stereocenters. The maximum Gasteiger partial charge on any atom is 0.326 e. The average Bonchev–Trinajstić information content (AvgIpc) is 2.57. The summed E-state index contributed by atoms with van der Waals surface area (Å²) in [5.74, 6) is -4.47. The zero-order chi connectivity index (χ0) is 19.7. The Labute approximate surface area is 150 Å². The molecule has 4 N–H and O–H groups in total. The van der Waals surface area contributed by atoms with Crippen LogP contribution in [0.3, 0.4) is 0 Å². The largest absolute Gasteiger partial charge is 0.481 e. The number of rotatable bonds is 9. The lowest BCUT2D eigenvalue weighted by Crippen LogP contribution is -2.53. The van der Waals surface area contributed by atoms with Crippen molar-refractivity contribution in [3.8, 4) is 0 Å². The minimum atomic E-state index is -1.39. The molecule has 0 aromatic heterocycles. The Balaban J connectivity index is 2.80. The van der Waals surface area contributed by atoms with Gasteiger partial charge >= 0.3 is 11.9 Å². The van der Waals surface area contributed by atoms with Gasteiger partial charge in [-0.05, 0) is 17.6 Å². The molecule has 1 aromatic carbocycles. The Bertz CT molecular complexity index is 684. The van der Waals surface area contributed by atoms with Crippen LogP contribution in [0, 0.1) is 5.92 Å². The third-order valence-electron chi connectivity index (χ3n) is 3.47. The van der Waals surface area contributed by atoms with Crippen LogP contribution in [0.15, 0.2) is 36.4 Å². The van der Waals surface area contributed by atoms with Crippen molar-refractivity contribution >= 4 is 29.8 Å². The molecule has 0 aliphatic heterocycles. The SMILES string of the molecule is CC(C)[C@H](NC(=O)[C@H](CC(=O)O)NC(=O)C=Cc1ccccc1)C(=O)O. The number of amides is 2. The van der Waals surface area contributed by atoms with E-state index >= 15 is 0 Å². The van der Waals surface area contributed by atoms with Crippen LogP contribution in [-0.4, -0.2) is 46.0 Å². The number of carboxylic acids is 2. The lowest BCUT2D eigenvalue weighted by Gasteiger charge is -2.22. The highest BCUT2D eigenvalue weighted by Crippen LogP contribution is 2.04. The third-order valence-corrected chi connectivity index (χ3v) is 3.47. The normalized spacial score (nSPS) is 13.2. The summed E-state index contributed by atoms with van der Waals surface area (Å²) in [7, 11) is 0. The quantitative estimate of drug-likeness (QED) is 0.482. The molecule has 2 amide bonds. The molecule has 0 fully saturated rings. The summed E-state index contributed by atoms with van der Waals surface area (Å²) in [5.41, 5.74) is 0.757. The first-order chi connectivity index (χ1) is 12.2. The smallest absolute Gasteiger partial charge is 0.326 e. The molecule has 0 heterocycles. The molecule has 1 aromatic rings. The lowest BCUT2D eigenvalue weighted by atomic mass is 10.0. The molecule has 0 aliphatic rings. The highest BCUT2D eigenvalue weighted by molar-refractivity contribution is 5.97. The second-order valence-electron chi connectivity index (χ2n) is 5.97. The number of benzene rings is 1. The predicted octanol–water partition coefficient (Wildman–Crippen LogP) is 0.885. The second kappa shape index (κ2) is 9.97. The molecule has 8 heteroatoms. The molecular formula is C18H22N2O6. The van der Waals surface area contributed by atoms with Crippen molar-refractivity contribution < 1.29 is 29.4 Å². The van der Waals surface area contributed by atoms with Gasteiger partial charge in [0.15, 0.2) is 0 Å². The average molecular weight is 362 g/mol. The highest BCUT2D eigenvalue weighted by atomic mass is 16.4. The third kappa shape index (κ3) is 7.16. The first-order valence-corrected chi connectivity index (χ1v) is 7.99. The molecule has 0 saturated heterocycles. The zero-order valence-electron chi connectivity index (χ0n) is 14.5. The van der Waals surface area contributed by atoms with Gasteiger partial charge in [-0.3, -0.25) is 14.4 Å². The molecule has 0 bridgehead atoms. The van der Waals surface area contributed by atoms with Gasteiger partial charge in [-0.25, -0.2) is 4.79 Å². The van der Waals surface area contributed by atoms with Crippen LogP contribution in [-0.2, 0) is 19.2 Å². The molecule has 140 valence electrons. The van der Waals surface area contributed by atoms with Crippen molar-refractivity contribution in [2.75, 3.05) is 0 Å². The van der Waals surface area contributed by atoms with E-state index in [1.807, 2.05) is 6.07 Å². The molecular weight excluding hydrogens is 340 g/mol. The van der Waals surface area contributed by atoms with Gasteiger partial charge < -0.3 is 20.8 Å². The molecule has 2 atom stereocenters. The van der Waals surface area contributed by atoms with Crippen LogP contribution in [0.25, 0.3) is 6.08 Å². The van der Waals surface area contributed by atoms with Crippen LogP contribution >= 0.6 is 0 Å². The first-order valence-electron chi connectivity index (χ1n) is 7.99. The van der Waals surface area contributed by atoms with Crippen LogP contribution < -0.4 is 10.6 Å². The van der Waals surface area contributed by atoms with Crippen molar-refractivity contribution in [2.24, 2.45) is 5.92 Å². The Morgan fingerprint density at radius 1 is 1.04 bits per heavy atom. The number of carboxylic acid groups (broad SMARTS) is 2. The van der Waals surface area contributed by atoms with E-state index < -0.39 is 48.2 Å². The fourth-order valence-corrected chi connectivity index (χ4v) is 2.11. The molecule has 26 heavy (non-hydrogen) atoms. The van der Waals surface area contributed by atoms with Crippen LogP contribution in [0.2, 0.25) is 0 Å². The molecule has 0 aliphatic carbocycles. The molecule has 8 nitrogen and oxygen atoms in total. The van der Waals surface area contributed by atoms with Crippen LogP contribution in [0.4, 0.5) is 0 Å². The summed E-state index contributed by atoms with van der Waals surface area (Å²) in [4.78, 5) is 46.3. The first kappa shape index (κ1) is 20.9. The van der Waals surface area contributed by atoms with Gasteiger partial charge in [0.05, 0.1) is 6.42 Å². The minimum absolute atomic E-state index is 0.407. The monoisotopic (exact) mass is 362 g/mol. The fraction of sp³-hybridized carbons (Fsp3) is 0.333. The van der Waals surface area contributed by atoms with Crippen molar-refractivity contribution in [3.63, 3.8) is 0 Å². The number of carbonyl (C=O) groups excluding carboxylic acids is 2. The summed E-state index contributed by atoms with van der Waals surface area (Å²) in [6.07, 6.45) is 2.02. The second-order valence-corrected chi connectivity index (χ2v) is 5.97. The van der Waals surface area contributed by atoms with E-state index in [1.54, 1.807) is 38.1 Å². The molecule has 0 spiro atoms. The zero-order valence-corrected chi connectivity index (χ0v) is 14.5. The number of carbonyl (C=O) groups is 4. The molecule has 1 rings (SSSR count). The fourth-order valence-electron chi connectivity index (χ4n) is 2.11. The van der Waals surface area contributed by atoms with E-state index in [1.165, 1.54) is 12.2 Å². The van der Waals surface area contributed by atoms with E-state index in [0.717, 1.165) is 5.56 Å². The van der Waals surface area contributed by atoms with Gasteiger partial charge in [-0.15, -0.1) is 0 Å². The van der Waals surface area contributed by atoms with E-state index in [-0.39, 0.29) is 0 Å². The highest BCUT2D eigenvalue weighted by Gasteiger charge is 2.29. The van der Waals surface area contributed by atoms with E-state index in [0.29, 0.717) is 0 Å². The summed E-state index contributed by atoms with van der Waals surface area (Å²) >= 11 is 0. The topological polar surface area (TPSA) is 133 Å². The van der Waals surface area contributed by atoms with Crippen molar-refractivity contribution in [3.05, 3.63) is 42.0 Å². The summed E-state index contributed by atoms with van der Waals surface area (Å²) < 4.78 is 0. The summed E-state index contributed by atoms with van der Waals surface area (Å²) in [6.45, 7) is 3.21. The summed E-state index contributed by atoms with van der Waals surface area (Å²) in [6, 6.07) is 6.36. The van der Waals surface area contributed by atoms with Gasteiger partial charge in [0.1, 0.15) is 12.1 Å². The Morgan fingerprint density at radius 3 is 2.15 bits per heavy atom. The number of hydrogen-bond donors (Lipinski definition) is 4. The van der Waals surface area contributed by atoms with Crippen molar-refractivity contribution in [1.29, 1.82) is 0 Å². The maximum atomic E-state index is 12.2. The van der Waals surface area contributed by atoms with E-state index in [4.69, 9.17) is 10.2 Å². The number of hydrogen-bond acceptors (Lipinski definition) is 4. The van der Waals surface area contributed by atoms with E-state index in [2.05, 4.69) is 10.6 Å². The number of nitrogens with one attached hydrogen (secondary N) is 2. The van der Waals surface area contributed by atoms with Gasteiger partial charge in [0.25, 0.3) is 0 Å². The lowest BCUT2D eigenvalue weighted by molar-refractivity contribution is -0.144. The van der Waals surface area contributed by atoms with Gasteiger partial charge in [-0.2, -0.15) is 0 Å². The maximum absolute atomic E-state index is 12.2. The Kier molecular flexibility index (Phi) is 8.01. The number of aliphatic carboxylic acids is 2. The summed E-state index contributed by atoms with van der Waals surface area (Å²) in [5, 5.41) is 22.6. The van der Waals surface area contributed by atoms with Crippen molar-refractivity contribution in [2.45, 2.75) is 32.4 Å². The Hall–Kier alpha value is -3.16. The molecule has 0 radical (unpaired) electrons. The minimum Gasteiger partial charge on any atom is -0.481 e. The van der Waals surface area contributed by atoms with Crippen molar-refractivity contribution in [1.82, 2.24) is 10.6 Å². The Morgan fingerprint density at radius 2 is 1.65 bits per heavy atom. The molecule has 0 saturated carbocycles. The predicted molar refractivity (Wildman–Crippen MR) is 94.1 cm³/mol. The van der Waals surface area contributed by atoms with Gasteiger partial charge in [0.2, 0.25) is 11.8 Å². The van der Waals surface area contributed by atoms with Crippen LogP contribution in [0.5, 0.6) is 0 Å². The van der Waals surface area contributed by atoms with E-state index in [9.17, 15) is 19.2 Å².